The molecule has 4 nitrogen and oxygen atoms in total. The Labute approximate surface area is 113 Å². The van der Waals surface area contributed by atoms with Crippen LogP contribution in [0.15, 0.2) is 18.2 Å². The first-order chi connectivity index (χ1) is 8.62. The summed E-state index contributed by atoms with van der Waals surface area (Å²) in [5.74, 6) is 1.84. The number of carbonyl (C=O) groups is 1. The van der Waals surface area contributed by atoms with Gasteiger partial charge in [0.1, 0.15) is 11.5 Å². The third kappa shape index (κ3) is 3.84. The molecule has 0 fully saturated rings. The Kier molecular flexibility index (Phi) is 5.85. The zero-order valence-corrected chi connectivity index (χ0v) is 11.9. The van der Waals surface area contributed by atoms with Crippen molar-refractivity contribution in [3.05, 3.63) is 23.8 Å². The molecular weight excluding hydrogens is 250 g/mol. The maximum Gasteiger partial charge on any atom is 0.232 e. The number of carbonyl (C=O) groups excluding carboxylic acids is 1. The van der Waals surface area contributed by atoms with Crippen molar-refractivity contribution in [1.29, 1.82) is 0 Å². The number of hydrogen-bond donors (Lipinski definition) is 1. The number of thiol groups is 1. The van der Waals surface area contributed by atoms with E-state index in [1.807, 2.05) is 18.2 Å². The standard InChI is InChI=1S/C13H19NO3S/c1-14(13(15)9-18)7-6-10-8-11(16-2)4-5-12(10)17-3/h4-5,8,18H,6-7,9H2,1-3H3. The van der Waals surface area contributed by atoms with E-state index >= 15 is 0 Å². The number of likely N-dealkylation sites (N-methyl/N-ethyl adjacent to an activating group) is 1. The quantitative estimate of drug-likeness (QED) is 0.798. The van der Waals surface area contributed by atoms with E-state index in [0.29, 0.717) is 6.54 Å². The molecule has 0 aliphatic carbocycles. The summed E-state index contributed by atoms with van der Waals surface area (Å²) in [6.07, 6.45) is 0.719. The fourth-order valence-corrected chi connectivity index (χ4v) is 1.85. The summed E-state index contributed by atoms with van der Waals surface area (Å²) in [6.45, 7) is 0.628. The molecule has 0 bridgehead atoms. The van der Waals surface area contributed by atoms with Gasteiger partial charge in [0.2, 0.25) is 5.91 Å². The molecule has 0 aliphatic rings. The van der Waals surface area contributed by atoms with E-state index < -0.39 is 0 Å². The molecule has 1 aromatic carbocycles. The van der Waals surface area contributed by atoms with Gasteiger partial charge in [-0.15, -0.1) is 0 Å². The van der Waals surface area contributed by atoms with Gasteiger partial charge in [-0.25, -0.2) is 0 Å². The molecule has 5 heteroatoms. The number of amides is 1. The van der Waals surface area contributed by atoms with Gasteiger partial charge in [0.25, 0.3) is 0 Å². The highest BCUT2D eigenvalue weighted by molar-refractivity contribution is 7.81. The van der Waals surface area contributed by atoms with Gasteiger partial charge < -0.3 is 14.4 Å². The number of hydrogen-bond acceptors (Lipinski definition) is 4. The third-order valence-electron chi connectivity index (χ3n) is 2.77. The molecule has 1 amide bonds. The first-order valence-corrected chi connectivity index (χ1v) is 6.31. The molecule has 18 heavy (non-hydrogen) atoms. The summed E-state index contributed by atoms with van der Waals surface area (Å²) in [6, 6.07) is 5.65. The molecule has 0 N–H and O–H groups in total. The third-order valence-corrected chi connectivity index (χ3v) is 3.04. The second-order valence-corrected chi connectivity index (χ2v) is 4.22. The average molecular weight is 269 g/mol. The molecule has 0 saturated heterocycles. The lowest BCUT2D eigenvalue weighted by Gasteiger charge is -2.17. The van der Waals surface area contributed by atoms with Crippen molar-refractivity contribution in [2.45, 2.75) is 6.42 Å². The van der Waals surface area contributed by atoms with Gasteiger partial charge in [-0.3, -0.25) is 4.79 Å². The second-order valence-electron chi connectivity index (χ2n) is 3.90. The van der Waals surface area contributed by atoms with Crippen LogP contribution in [-0.4, -0.2) is 44.4 Å². The molecule has 0 spiro atoms. The highest BCUT2D eigenvalue weighted by Gasteiger charge is 2.09. The summed E-state index contributed by atoms with van der Waals surface area (Å²) in [4.78, 5) is 13.1. The lowest BCUT2D eigenvalue weighted by molar-refractivity contribution is -0.127. The van der Waals surface area contributed by atoms with Crippen LogP contribution in [0.2, 0.25) is 0 Å². The van der Waals surface area contributed by atoms with Gasteiger partial charge in [-0.05, 0) is 30.2 Å². The van der Waals surface area contributed by atoms with E-state index in [4.69, 9.17) is 9.47 Å². The molecular formula is C13H19NO3S. The maximum atomic E-state index is 11.4. The molecule has 1 rings (SSSR count). The van der Waals surface area contributed by atoms with Crippen LogP contribution in [0.4, 0.5) is 0 Å². The lowest BCUT2D eigenvalue weighted by Crippen LogP contribution is -2.29. The van der Waals surface area contributed by atoms with E-state index in [1.165, 1.54) is 0 Å². The smallest absolute Gasteiger partial charge is 0.232 e. The van der Waals surface area contributed by atoms with Crippen LogP contribution in [0.3, 0.4) is 0 Å². The Morgan fingerprint density at radius 2 is 2.06 bits per heavy atom. The first kappa shape index (κ1) is 14.7. The SMILES string of the molecule is COc1ccc(OC)c(CCN(C)C(=O)CS)c1. The molecule has 0 aromatic heterocycles. The normalized spacial score (nSPS) is 10.0. The van der Waals surface area contributed by atoms with Crippen LogP contribution in [-0.2, 0) is 11.2 Å². The van der Waals surface area contributed by atoms with Crippen molar-refractivity contribution in [3.63, 3.8) is 0 Å². The van der Waals surface area contributed by atoms with Crippen molar-refractivity contribution in [1.82, 2.24) is 4.90 Å². The van der Waals surface area contributed by atoms with Gasteiger partial charge in [-0.2, -0.15) is 12.6 Å². The lowest BCUT2D eigenvalue weighted by atomic mass is 10.1. The Bertz CT molecular complexity index is 409. The van der Waals surface area contributed by atoms with E-state index in [0.717, 1.165) is 23.5 Å². The zero-order valence-electron chi connectivity index (χ0n) is 11.0. The van der Waals surface area contributed by atoms with Gasteiger partial charge in [0, 0.05) is 13.6 Å². The fourth-order valence-electron chi connectivity index (χ4n) is 1.61. The van der Waals surface area contributed by atoms with Crippen molar-refractivity contribution >= 4 is 18.5 Å². The highest BCUT2D eigenvalue weighted by Crippen LogP contribution is 2.24. The number of rotatable bonds is 6. The number of benzene rings is 1. The summed E-state index contributed by atoms with van der Waals surface area (Å²) >= 11 is 3.97. The largest absolute Gasteiger partial charge is 0.497 e. The molecule has 0 heterocycles. The molecule has 0 unspecified atom stereocenters. The monoisotopic (exact) mass is 269 g/mol. The van der Waals surface area contributed by atoms with Crippen LogP contribution in [0.5, 0.6) is 11.5 Å². The number of ether oxygens (including phenoxy) is 2. The van der Waals surface area contributed by atoms with E-state index in [-0.39, 0.29) is 11.7 Å². The molecule has 0 saturated carbocycles. The summed E-state index contributed by atoms with van der Waals surface area (Å²) in [7, 11) is 5.03. The second kappa shape index (κ2) is 7.16. The molecule has 0 atom stereocenters. The van der Waals surface area contributed by atoms with Gasteiger partial charge in [0.05, 0.1) is 20.0 Å². The average Bonchev–Trinajstić information content (AvgIpc) is 2.43. The molecule has 0 radical (unpaired) electrons. The van der Waals surface area contributed by atoms with Gasteiger partial charge in [-0.1, -0.05) is 0 Å². The Morgan fingerprint density at radius 3 is 2.61 bits per heavy atom. The maximum absolute atomic E-state index is 11.4. The number of methoxy groups -OCH3 is 2. The van der Waals surface area contributed by atoms with Crippen LogP contribution in [0, 0.1) is 0 Å². The van der Waals surface area contributed by atoms with Crippen LogP contribution in [0.25, 0.3) is 0 Å². The summed E-state index contributed by atoms with van der Waals surface area (Å²) < 4.78 is 10.5. The summed E-state index contributed by atoms with van der Waals surface area (Å²) in [5, 5.41) is 0. The Balaban J connectivity index is 2.73. The minimum absolute atomic E-state index is 0.0141. The first-order valence-electron chi connectivity index (χ1n) is 5.68. The highest BCUT2D eigenvalue weighted by atomic mass is 32.1. The fraction of sp³-hybridized carbons (Fsp3) is 0.462. The van der Waals surface area contributed by atoms with Gasteiger partial charge >= 0.3 is 0 Å². The predicted octanol–water partition coefficient (Wildman–Crippen LogP) is 1.63. The van der Waals surface area contributed by atoms with Crippen LogP contribution in [0.1, 0.15) is 5.56 Å². The van der Waals surface area contributed by atoms with Crippen molar-refractivity contribution in [3.8, 4) is 11.5 Å². The van der Waals surface area contributed by atoms with Crippen LogP contribution >= 0.6 is 12.6 Å². The molecule has 100 valence electrons. The van der Waals surface area contributed by atoms with Crippen molar-refractivity contribution in [2.75, 3.05) is 33.6 Å². The van der Waals surface area contributed by atoms with E-state index in [9.17, 15) is 4.79 Å². The minimum atomic E-state index is 0.0141. The van der Waals surface area contributed by atoms with E-state index in [1.54, 1.807) is 26.2 Å². The van der Waals surface area contributed by atoms with Crippen LogP contribution < -0.4 is 9.47 Å². The topological polar surface area (TPSA) is 38.8 Å². The van der Waals surface area contributed by atoms with Crippen molar-refractivity contribution < 1.29 is 14.3 Å². The molecule has 1 aromatic rings. The van der Waals surface area contributed by atoms with Gasteiger partial charge in [0.15, 0.2) is 0 Å². The Hall–Kier alpha value is -1.36. The van der Waals surface area contributed by atoms with E-state index in [2.05, 4.69) is 12.6 Å². The minimum Gasteiger partial charge on any atom is -0.497 e. The summed E-state index contributed by atoms with van der Waals surface area (Å²) in [5.41, 5.74) is 1.02. The van der Waals surface area contributed by atoms with Crippen molar-refractivity contribution in [2.24, 2.45) is 0 Å². The Morgan fingerprint density at radius 1 is 1.33 bits per heavy atom. The number of nitrogens with zero attached hydrogens (tertiary/aromatic N) is 1. The predicted molar refractivity (Wildman–Crippen MR) is 74.7 cm³/mol. The zero-order chi connectivity index (χ0) is 13.5. The molecule has 0 aliphatic heterocycles.